The Balaban J connectivity index is 2.46. The van der Waals surface area contributed by atoms with Gasteiger partial charge in [-0.1, -0.05) is 0 Å². The van der Waals surface area contributed by atoms with Gasteiger partial charge in [0.2, 0.25) is 0 Å². The topological polar surface area (TPSA) is 55.6 Å². The molecule has 0 aromatic heterocycles. The zero-order valence-electron chi connectivity index (χ0n) is 10.7. The first-order chi connectivity index (χ1) is 7.46. The van der Waals surface area contributed by atoms with Crippen LogP contribution >= 0.6 is 0 Å². The zero-order chi connectivity index (χ0) is 12.2. The minimum atomic E-state index is -0.426. The van der Waals surface area contributed by atoms with Crippen molar-refractivity contribution < 1.29 is 9.53 Å². The summed E-state index contributed by atoms with van der Waals surface area (Å²) in [7, 11) is 0. The van der Waals surface area contributed by atoms with Gasteiger partial charge in [0.05, 0.1) is 5.60 Å². The van der Waals surface area contributed by atoms with E-state index in [4.69, 9.17) is 10.5 Å². The van der Waals surface area contributed by atoms with Gasteiger partial charge in [-0.2, -0.15) is 0 Å². The highest BCUT2D eigenvalue weighted by atomic mass is 16.5. The summed E-state index contributed by atoms with van der Waals surface area (Å²) < 4.78 is 5.69. The summed E-state index contributed by atoms with van der Waals surface area (Å²) in [5.74, 6) is 0.0984. The second kappa shape index (κ2) is 5.64. The first kappa shape index (κ1) is 13.5. The Bertz CT molecular complexity index is 235. The van der Waals surface area contributed by atoms with Gasteiger partial charge in [0, 0.05) is 19.6 Å². The van der Waals surface area contributed by atoms with E-state index in [1.165, 1.54) is 6.42 Å². The number of amides is 1. The van der Waals surface area contributed by atoms with Crippen molar-refractivity contribution in [2.45, 2.75) is 51.7 Å². The van der Waals surface area contributed by atoms with Crippen LogP contribution in [-0.4, -0.2) is 42.1 Å². The quantitative estimate of drug-likeness (QED) is 0.785. The molecule has 1 aliphatic rings. The largest absolute Gasteiger partial charge is 0.361 e. The van der Waals surface area contributed by atoms with Crippen LogP contribution in [0, 0.1) is 0 Å². The molecule has 0 aliphatic carbocycles. The molecular weight excluding hydrogens is 204 g/mol. The molecule has 0 aromatic rings. The number of hydrogen-bond donors (Lipinski definition) is 1. The first-order valence-corrected chi connectivity index (χ1v) is 6.13. The van der Waals surface area contributed by atoms with Gasteiger partial charge in [-0.25, -0.2) is 0 Å². The fraction of sp³-hybridized carbons (Fsp3) is 0.917. The average Bonchev–Trinajstić information content (AvgIpc) is 2.28. The minimum absolute atomic E-state index is 0.0984. The maximum absolute atomic E-state index is 12.1. The standard InChI is InChI=1S/C12H24N2O2/c1-10(16-12(2,3)9-13)11(15)14-7-5-4-6-8-14/h10H,4-9,13H2,1-3H3. The molecule has 0 radical (unpaired) electrons. The van der Waals surface area contributed by atoms with Crippen LogP contribution in [0.4, 0.5) is 0 Å². The number of carbonyl (C=O) groups excluding carboxylic acids is 1. The molecule has 1 aliphatic heterocycles. The molecule has 2 N–H and O–H groups in total. The second-order valence-electron chi connectivity index (χ2n) is 5.11. The van der Waals surface area contributed by atoms with Crippen molar-refractivity contribution >= 4 is 5.91 Å². The van der Waals surface area contributed by atoms with Crippen LogP contribution < -0.4 is 5.73 Å². The van der Waals surface area contributed by atoms with E-state index >= 15 is 0 Å². The highest BCUT2D eigenvalue weighted by Gasteiger charge is 2.27. The Morgan fingerprint density at radius 3 is 2.44 bits per heavy atom. The molecule has 1 saturated heterocycles. The van der Waals surface area contributed by atoms with Crippen LogP contribution in [0.5, 0.6) is 0 Å². The molecule has 1 fully saturated rings. The van der Waals surface area contributed by atoms with E-state index in [1.807, 2.05) is 25.7 Å². The van der Waals surface area contributed by atoms with Gasteiger partial charge in [0.25, 0.3) is 5.91 Å². The summed E-state index contributed by atoms with van der Waals surface area (Å²) in [6.07, 6.45) is 3.06. The van der Waals surface area contributed by atoms with Crippen LogP contribution in [0.2, 0.25) is 0 Å². The lowest BCUT2D eigenvalue weighted by Gasteiger charge is -2.32. The molecule has 0 spiro atoms. The summed E-state index contributed by atoms with van der Waals surface area (Å²) in [6, 6.07) is 0. The van der Waals surface area contributed by atoms with E-state index < -0.39 is 11.7 Å². The Kier molecular flexibility index (Phi) is 4.74. The van der Waals surface area contributed by atoms with Gasteiger partial charge < -0.3 is 15.4 Å². The first-order valence-electron chi connectivity index (χ1n) is 6.13. The molecule has 16 heavy (non-hydrogen) atoms. The molecule has 4 nitrogen and oxygen atoms in total. The molecule has 1 atom stereocenters. The predicted octanol–water partition coefficient (Wildman–Crippen LogP) is 1.14. The average molecular weight is 228 g/mol. The number of nitrogens with two attached hydrogens (primary N) is 1. The van der Waals surface area contributed by atoms with Crippen molar-refractivity contribution in [3.63, 3.8) is 0 Å². The van der Waals surface area contributed by atoms with E-state index in [1.54, 1.807) is 0 Å². The van der Waals surface area contributed by atoms with E-state index in [-0.39, 0.29) is 5.91 Å². The number of carbonyl (C=O) groups is 1. The number of hydrogen-bond acceptors (Lipinski definition) is 3. The normalized spacial score (nSPS) is 19.6. The Labute approximate surface area is 98.1 Å². The summed E-state index contributed by atoms with van der Waals surface area (Å²) in [4.78, 5) is 14.0. The van der Waals surface area contributed by atoms with E-state index in [0.717, 1.165) is 25.9 Å². The maximum Gasteiger partial charge on any atom is 0.251 e. The van der Waals surface area contributed by atoms with E-state index in [2.05, 4.69) is 0 Å². The van der Waals surface area contributed by atoms with Crippen molar-refractivity contribution in [3.8, 4) is 0 Å². The van der Waals surface area contributed by atoms with Gasteiger partial charge in [-0.3, -0.25) is 4.79 Å². The number of nitrogens with zero attached hydrogens (tertiary/aromatic N) is 1. The molecule has 0 bridgehead atoms. The lowest BCUT2D eigenvalue weighted by Crippen LogP contribution is -2.46. The highest BCUT2D eigenvalue weighted by Crippen LogP contribution is 2.15. The number of likely N-dealkylation sites (tertiary alicyclic amines) is 1. The number of ether oxygens (including phenoxy) is 1. The van der Waals surface area contributed by atoms with Crippen LogP contribution in [0.1, 0.15) is 40.0 Å². The van der Waals surface area contributed by atoms with E-state index in [9.17, 15) is 4.79 Å². The van der Waals surface area contributed by atoms with Crippen molar-refractivity contribution in [1.29, 1.82) is 0 Å². The molecule has 0 saturated carbocycles. The van der Waals surface area contributed by atoms with Crippen molar-refractivity contribution in [2.24, 2.45) is 5.73 Å². The van der Waals surface area contributed by atoms with Gasteiger partial charge in [0.1, 0.15) is 6.10 Å². The number of rotatable bonds is 4. The molecule has 4 heteroatoms. The lowest BCUT2D eigenvalue weighted by atomic mass is 10.1. The van der Waals surface area contributed by atoms with E-state index in [0.29, 0.717) is 6.54 Å². The van der Waals surface area contributed by atoms with Crippen molar-refractivity contribution in [2.75, 3.05) is 19.6 Å². The molecule has 1 rings (SSSR count). The molecule has 1 unspecified atom stereocenters. The van der Waals surface area contributed by atoms with Crippen molar-refractivity contribution in [3.05, 3.63) is 0 Å². The van der Waals surface area contributed by atoms with Gasteiger partial charge in [0.15, 0.2) is 0 Å². The fourth-order valence-corrected chi connectivity index (χ4v) is 1.95. The third-order valence-corrected chi connectivity index (χ3v) is 3.00. The molecule has 0 aromatic carbocycles. The molecule has 1 amide bonds. The second-order valence-corrected chi connectivity index (χ2v) is 5.11. The van der Waals surface area contributed by atoms with Crippen LogP contribution in [0.3, 0.4) is 0 Å². The lowest BCUT2D eigenvalue weighted by molar-refractivity contribution is -0.152. The van der Waals surface area contributed by atoms with Gasteiger partial charge in [-0.05, 0) is 40.0 Å². The van der Waals surface area contributed by atoms with Crippen LogP contribution in [0.25, 0.3) is 0 Å². The summed E-state index contributed by atoms with van der Waals surface area (Å²) in [6.45, 7) is 7.80. The Morgan fingerprint density at radius 2 is 1.94 bits per heavy atom. The molecule has 1 heterocycles. The summed E-state index contributed by atoms with van der Waals surface area (Å²) in [5, 5.41) is 0. The zero-order valence-corrected chi connectivity index (χ0v) is 10.7. The highest BCUT2D eigenvalue weighted by molar-refractivity contribution is 5.80. The third-order valence-electron chi connectivity index (χ3n) is 3.00. The van der Waals surface area contributed by atoms with Crippen LogP contribution in [0.15, 0.2) is 0 Å². The van der Waals surface area contributed by atoms with Crippen LogP contribution in [-0.2, 0) is 9.53 Å². The molecular formula is C12H24N2O2. The summed E-state index contributed by atoms with van der Waals surface area (Å²) in [5.41, 5.74) is 5.16. The minimum Gasteiger partial charge on any atom is -0.361 e. The van der Waals surface area contributed by atoms with Gasteiger partial charge >= 0.3 is 0 Å². The smallest absolute Gasteiger partial charge is 0.251 e. The predicted molar refractivity (Wildman–Crippen MR) is 64.1 cm³/mol. The Hall–Kier alpha value is -0.610. The Morgan fingerprint density at radius 1 is 1.38 bits per heavy atom. The SMILES string of the molecule is CC(OC(C)(C)CN)C(=O)N1CCCCC1. The third kappa shape index (κ3) is 3.76. The fourth-order valence-electron chi connectivity index (χ4n) is 1.95. The molecule has 94 valence electrons. The van der Waals surface area contributed by atoms with Crippen molar-refractivity contribution in [1.82, 2.24) is 4.90 Å². The van der Waals surface area contributed by atoms with Gasteiger partial charge in [-0.15, -0.1) is 0 Å². The summed E-state index contributed by atoms with van der Waals surface area (Å²) >= 11 is 0. The number of piperidine rings is 1. The maximum atomic E-state index is 12.1. The monoisotopic (exact) mass is 228 g/mol.